The van der Waals surface area contributed by atoms with Crippen LogP contribution in [0.25, 0.3) is 0 Å². The van der Waals surface area contributed by atoms with Crippen LogP contribution in [0.2, 0.25) is 0 Å². The lowest BCUT2D eigenvalue weighted by Crippen LogP contribution is -2.31. The van der Waals surface area contributed by atoms with Crippen LogP contribution in [0, 0.1) is 47.3 Å². The van der Waals surface area contributed by atoms with Crippen molar-refractivity contribution < 1.29 is 0 Å². The molecule has 124 valence electrons. The molecule has 0 N–H and O–H groups in total. The van der Waals surface area contributed by atoms with Gasteiger partial charge in [-0.3, -0.25) is 0 Å². The van der Waals surface area contributed by atoms with Crippen LogP contribution in [-0.2, 0) is 0 Å². The molecule has 5 atom stereocenters. The van der Waals surface area contributed by atoms with Crippen LogP contribution in [0.1, 0.15) is 86.5 Å². The Morgan fingerprint density at radius 1 is 0.762 bits per heavy atom. The van der Waals surface area contributed by atoms with Gasteiger partial charge in [0.25, 0.3) is 0 Å². The van der Waals surface area contributed by atoms with Crippen LogP contribution in [0.4, 0.5) is 0 Å². The number of rotatable bonds is 4. The van der Waals surface area contributed by atoms with E-state index in [2.05, 4.69) is 41.5 Å². The fourth-order valence-corrected chi connectivity index (χ4v) is 5.56. The highest BCUT2D eigenvalue weighted by molar-refractivity contribution is 4.85. The van der Waals surface area contributed by atoms with Gasteiger partial charge in [0.05, 0.1) is 0 Å². The fourth-order valence-electron chi connectivity index (χ4n) is 5.56. The molecule has 0 heterocycles. The summed E-state index contributed by atoms with van der Waals surface area (Å²) in [6, 6.07) is 0. The Bertz CT molecular complexity index is 293. The van der Waals surface area contributed by atoms with Crippen molar-refractivity contribution in [3.8, 4) is 0 Å². The Hall–Kier alpha value is 0. The molecule has 2 aliphatic carbocycles. The van der Waals surface area contributed by atoms with Gasteiger partial charge in [0, 0.05) is 0 Å². The summed E-state index contributed by atoms with van der Waals surface area (Å²) in [4.78, 5) is 0. The summed E-state index contributed by atoms with van der Waals surface area (Å²) < 4.78 is 0. The minimum absolute atomic E-state index is 0.889. The van der Waals surface area contributed by atoms with Crippen molar-refractivity contribution in [2.45, 2.75) is 86.5 Å². The highest BCUT2D eigenvalue weighted by Gasteiger charge is 2.34. The van der Waals surface area contributed by atoms with Gasteiger partial charge in [0.1, 0.15) is 0 Å². The van der Waals surface area contributed by atoms with Crippen molar-refractivity contribution in [2.75, 3.05) is 0 Å². The minimum Gasteiger partial charge on any atom is -0.0628 e. The standard InChI is InChI=1S/C21H40/c1-14(2)9-19-7-8-21(17(5)12-19)13-20-10-15(3)18(6)16(4)11-20/h14-21H,7-13H2,1-6H3. The molecule has 0 heteroatoms. The molecular weight excluding hydrogens is 252 g/mol. The smallest absolute Gasteiger partial charge is 0.0386 e. The monoisotopic (exact) mass is 292 g/mol. The average molecular weight is 293 g/mol. The quantitative estimate of drug-likeness (QED) is 0.535. The Labute approximate surface area is 134 Å². The zero-order valence-corrected chi connectivity index (χ0v) is 15.6. The molecular formula is C21H40. The van der Waals surface area contributed by atoms with E-state index in [0.717, 1.165) is 47.3 Å². The van der Waals surface area contributed by atoms with E-state index in [4.69, 9.17) is 0 Å². The fraction of sp³-hybridized carbons (Fsp3) is 1.00. The summed E-state index contributed by atoms with van der Waals surface area (Å²) >= 11 is 0. The van der Waals surface area contributed by atoms with E-state index in [-0.39, 0.29) is 0 Å². The molecule has 0 radical (unpaired) electrons. The maximum atomic E-state index is 2.55. The number of hydrogen-bond donors (Lipinski definition) is 0. The van der Waals surface area contributed by atoms with Crippen LogP contribution in [0.3, 0.4) is 0 Å². The second kappa shape index (κ2) is 7.51. The van der Waals surface area contributed by atoms with Crippen molar-refractivity contribution in [2.24, 2.45) is 47.3 Å². The third kappa shape index (κ3) is 4.73. The molecule has 2 rings (SSSR count). The molecule has 21 heavy (non-hydrogen) atoms. The van der Waals surface area contributed by atoms with Gasteiger partial charge >= 0.3 is 0 Å². The Balaban J connectivity index is 1.81. The molecule has 2 fully saturated rings. The van der Waals surface area contributed by atoms with Crippen LogP contribution in [-0.4, -0.2) is 0 Å². The van der Waals surface area contributed by atoms with Gasteiger partial charge in [-0.15, -0.1) is 0 Å². The van der Waals surface area contributed by atoms with Gasteiger partial charge in [0.2, 0.25) is 0 Å². The van der Waals surface area contributed by atoms with Gasteiger partial charge in [-0.2, -0.15) is 0 Å². The first-order valence-electron chi connectivity index (χ1n) is 9.86. The van der Waals surface area contributed by atoms with E-state index in [1.807, 2.05) is 0 Å². The summed E-state index contributed by atoms with van der Waals surface area (Å²) in [5, 5.41) is 0. The molecule has 0 amide bonds. The predicted octanol–water partition coefficient (Wildman–Crippen LogP) is 6.79. The van der Waals surface area contributed by atoms with Gasteiger partial charge in [0.15, 0.2) is 0 Å². The van der Waals surface area contributed by atoms with Crippen molar-refractivity contribution >= 4 is 0 Å². The van der Waals surface area contributed by atoms with E-state index in [0.29, 0.717) is 0 Å². The molecule has 0 spiro atoms. The lowest BCUT2D eigenvalue weighted by Gasteiger charge is -2.41. The predicted molar refractivity (Wildman–Crippen MR) is 94.3 cm³/mol. The van der Waals surface area contributed by atoms with Crippen molar-refractivity contribution in [1.29, 1.82) is 0 Å². The summed E-state index contributed by atoms with van der Waals surface area (Å²) in [6.07, 6.45) is 10.6. The maximum Gasteiger partial charge on any atom is -0.0386 e. The zero-order valence-electron chi connectivity index (χ0n) is 15.6. The molecule has 0 aromatic heterocycles. The Kier molecular flexibility index (Phi) is 6.21. The first-order chi connectivity index (χ1) is 9.86. The van der Waals surface area contributed by atoms with Crippen molar-refractivity contribution in [3.63, 3.8) is 0 Å². The second-order valence-corrected chi connectivity index (χ2v) is 9.43. The van der Waals surface area contributed by atoms with E-state index in [1.165, 1.54) is 44.9 Å². The molecule has 2 aliphatic rings. The normalized spacial score (nSPS) is 45.0. The second-order valence-electron chi connectivity index (χ2n) is 9.43. The third-order valence-corrected chi connectivity index (χ3v) is 7.10. The van der Waals surface area contributed by atoms with Gasteiger partial charge in [-0.1, -0.05) is 48.0 Å². The Morgan fingerprint density at radius 3 is 1.86 bits per heavy atom. The van der Waals surface area contributed by atoms with Gasteiger partial charge < -0.3 is 0 Å². The number of hydrogen-bond acceptors (Lipinski definition) is 0. The first-order valence-corrected chi connectivity index (χ1v) is 9.86. The maximum absolute atomic E-state index is 2.55. The van der Waals surface area contributed by atoms with Crippen molar-refractivity contribution in [1.82, 2.24) is 0 Å². The Morgan fingerprint density at radius 2 is 1.33 bits per heavy atom. The van der Waals surface area contributed by atoms with E-state index in [9.17, 15) is 0 Å². The molecule has 5 unspecified atom stereocenters. The summed E-state index contributed by atoms with van der Waals surface area (Å²) in [6.45, 7) is 14.8. The van der Waals surface area contributed by atoms with Crippen LogP contribution < -0.4 is 0 Å². The lowest BCUT2D eigenvalue weighted by atomic mass is 9.64. The van der Waals surface area contributed by atoms with E-state index >= 15 is 0 Å². The van der Waals surface area contributed by atoms with Gasteiger partial charge in [-0.25, -0.2) is 0 Å². The summed E-state index contributed by atoms with van der Waals surface area (Å²) in [7, 11) is 0. The minimum atomic E-state index is 0.889. The largest absolute Gasteiger partial charge is 0.0628 e. The topological polar surface area (TPSA) is 0 Å². The molecule has 0 aliphatic heterocycles. The zero-order chi connectivity index (χ0) is 15.6. The van der Waals surface area contributed by atoms with Gasteiger partial charge in [-0.05, 0) is 85.9 Å². The van der Waals surface area contributed by atoms with E-state index < -0.39 is 0 Å². The van der Waals surface area contributed by atoms with E-state index in [1.54, 1.807) is 0 Å². The summed E-state index contributed by atoms with van der Waals surface area (Å²) in [5.74, 6) is 7.80. The summed E-state index contributed by atoms with van der Waals surface area (Å²) in [5.41, 5.74) is 0. The lowest BCUT2D eigenvalue weighted by molar-refractivity contribution is 0.0918. The van der Waals surface area contributed by atoms with Crippen LogP contribution >= 0.6 is 0 Å². The molecule has 0 bridgehead atoms. The highest BCUT2D eigenvalue weighted by atomic mass is 14.4. The van der Waals surface area contributed by atoms with Crippen molar-refractivity contribution in [3.05, 3.63) is 0 Å². The SMILES string of the molecule is CC(C)CC1CCC(CC2CC(C)C(C)C(C)C2)C(C)C1. The highest BCUT2D eigenvalue weighted by Crippen LogP contribution is 2.45. The molecule has 0 nitrogen and oxygen atoms in total. The molecule has 0 saturated heterocycles. The average Bonchev–Trinajstić information content (AvgIpc) is 2.38. The first kappa shape index (κ1) is 17.4. The molecule has 2 saturated carbocycles. The van der Waals surface area contributed by atoms with Crippen LogP contribution in [0.15, 0.2) is 0 Å². The third-order valence-electron chi connectivity index (χ3n) is 7.10. The molecule has 0 aromatic carbocycles. The molecule has 0 aromatic rings. The van der Waals surface area contributed by atoms with Crippen LogP contribution in [0.5, 0.6) is 0 Å².